The normalized spacial score (nSPS) is 10.9. The van der Waals surface area contributed by atoms with Gasteiger partial charge in [-0.25, -0.2) is 4.98 Å². The zero-order valence-corrected chi connectivity index (χ0v) is 8.24. The number of hydrogen-bond acceptors (Lipinski definition) is 3. The Bertz CT molecular complexity index is 224. The molecule has 0 saturated carbocycles. The van der Waals surface area contributed by atoms with Gasteiger partial charge < -0.3 is 4.90 Å². The second kappa shape index (κ2) is 4.04. The molecule has 0 spiro atoms. The molecule has 1 rings (SSSR count). The molecule has 1 aromatic rings. The fraction of sp³-hybridized carbons (Fsp3) is 0.571. The van der Waals surface area contributed by atoms with E-state index < -0.39 is 0 Å². The van der Waals surface area contributed by atoms with Crippen molar-refractivity contribution in [3.05, 3.63) is 15.5 Å². The Morgan fingerprint density at radius 2 is 2.45 bits per heavy atom. The summed E-state index contributed by atoms with van der Waals surface area (Å²) in [6.45, 7) is 4.12. The predicted octanol–water partition coefficient (Wildman–Crippen LogP) is 2.25. The van der Waals surface area contributed by atoms with Crippen LogP contribution >= 0.6 is 22.9 Å². The molecule has 0 atom stereocenters. The third-order valence-electron chi connectivity index (χ3n) is 1.49. The first-order valence-corrected chi connectivity index (χ1v) is 4.70. The quantitative estimate of drug-likeness (QED) is 0.727. The van der Waals surface area contributed by atoms with Gasteiger partial charge in [0.1, 0.15) is 0 Å². The molecule has 0 amide bonds. The molecule has 0 N–H and O–H groups in total. The lowest BCUT2D eigenvalue weighted by Crippen LogP contribution is -2.15. The minimum absolute atomic E-state index is 0.629. The SMILES string of the molecule is CCN(C)Cc1cnc(Cl)s1. The van der Waals surface area contributed by atoms with Crippen LogP contribution in [0.25, 0.3) is 0 Å². The summed E-state index contributed by atoms with van der Waals surface area (Å²) in [6, 6.07) is 0. The van der Waals surface area contributed by atoms with Crippen LogP contribution < -0.4 is 0 Å². The van der Waals surface area contributed by atoms with E-state index in [4.69, 9.17) is 11.6 Å². The Labute approximate surface area is 75.8 Å². The second-order valence-corrected chi connectivity index (χ2v) is 4.11. The molecular weight excluding hydrogens is 180 g/mol. The molecule has 2 nitrogen and oxygen atoms in total. The number of nitrogens with zero attached hydrogens (tertiary/aromatic N) is 2. The Balaban J connectivity index is 2.50. The molecule has 1 heterocycles. The Kier molecular flexibility index (Phi) is 3.30. The van der Waals surface area contributed by atoms with Crippen molar-refractivity contribution in [1.29, 1.82) is 0 Å². The minimum Gasteiger partial charge on any atom is -0.302 e. The monoisotopic (exact) mass is 190 g/mol. The first kappa shape index (κ1) is 8.97. The lowest BCUT2D eigenvalue weighted by Gasteiger charge is -2.10. The molecule has 0 saturated heterocycles. The van der Waals surface area contributed by atoms with Gasteiger partial charge in [0, 0.05) is 17.6 Å². The van der Waals surface area contributed by atoms with E-state index in [9.17, 15) is 0 Å². The van der Waals surface area contributed by atoms with E-state index in [1.165, 1.54) is 4.88 Å². The molecule has 0 aliphatic carbocycles. The van der Waals surface area contributed by atoms with Gasteiger partial charge in [-0.15, -0.1) is 11.3 Å². The number of rotatable bonds is 3. The lowest BCUT2D eigenvalue weighted by atomic mass is 10.5. The summed E-state index contributed by atoms with van der Waals surface area (Å²) in [5, 5.41) is 0. The average Bonchev–Trinajstić information content (AvgIpc) is 2.35. The molecule has 0 aliphatic heterocycles. The molecular formula is C7H11ClN2S. The molecule has 0 unspecified atom stereocenters. The van der Waals surface area contributed by atoms with Gasteiger partial charge in [0.15, 0.2) is 4.47 Å². The van der Waals surface area contributed by atoms with Gasteiger partial charge in [0.25, 0.3) is 0 Å². The van der Waals surface area contributed by atoms with Crippen molar-refractivity contribution >= 4 is 22.9 Å². The third-order valence-corrected chi connectivity index (χ3v) is 2.59. The lowest BCUT2D eigenvalue weighted by molar-refractivity contribution is 0.348. The molecule has 4 heteroatoms. The molecule has 0 fully saturated rings. The highest BCUT2D eigenvalue weighted by atomic mass is 35.5. The highest BCUT2D eigenvalue weighted by molar-refractivity contribution is 7.15. The van der Waals surface area contributed by atoms with Crippen LogP contribution in [0.3, 0.4) is 0 Å². The molecule has 62 valence electrons. The summed E-state index contributed by atoms with van der Waals surface area (Å²) in [6.07, 6.45) is 1.83. The largest absolute Gasteiger partial charge is 0.302 e. The number of thiazole rings is 1. The molecule has 0 bridgehead atoms. The second-order valence-electron chi connectivity index (χ2n) is 2.41. The van der Waals surface area contributed by atoms with E-state index >= 15 is 0 Å². The van der Waals surface area contributed by atoms with Crippen molar-refractivity contribution in [3.8, 4) is 0 Å². The predicted molar refractivity (Wildman–Crippen MR) is 49.1 cm³/mol. The van der Waals surface area contributed by atoms with Crippen molar-refractivity contribution in [2.24, 2.45) is 0 Å². The van der Waals surface area contributed by atoms with Crippen molar-refractivity contribution in [2.75, 3.05) is 13.6 Å². The molecule has 11 heavy (non-hydrogen) atoms. The van der Waals surface area contributed by atoms with Gasteiger partial charge >= 0.3 is 0 Å². The maximum Gasteiger partial charge on any atom is 0.183 e. The summed E-state index contributed by atoms with van der Waals surface area (Å²) < 4.78 is 0.629. The van der Waals surface area contributed by atoms with Crippen molar-refractivity contribution in [1.82, 2.24) is 9.88 Å². The van der Waals surface area contributed by atoms with Gasteiger partial charge in [0.05, 0.1) is 0 Å². The highest BCUT2D eigenvalue weighted by Gasteiger charge is 2.01. The Hall–Kier alpha value is -0.120. The van der Waals surface area contributed by atoms with E-state index in [1.807, 2.05) is 6.20 Å². The van der Waals surface area contributed by atoms with E-state index in [1.54, 1.807) is 11.3 Å². The Morgan fingerprint density at radius 3 is 2.91 bits per heavy atom. The van der Waals surface area contributed by atoms with Crippen LogP contribution in [0.5, 0.6) is 0 Å². The number of halogens is 1. The van der Waals surface area contributed by atoms with Gasteiger partial charge in [-0.3, -0.25) is 0 Å². The zero-order chi connectivity index (χ0) is 8.27. The van der Waals surface area contributed by atoms with Gasteiger partial charge in [-0.1, -0.05) is 18.5 Å². The number of hydrogen-bond donors (Lipinski definition) is 0. The smallest absolute Gasteiger partial charge is 0.183 e. The molecule has 0 aliphatic rings. The minimum atomic E-state index is 0.629. The average molecular weight is 191 g/mol. The van der Waals surface area contributed by atoms with E-state index in [-0.39, 0.29) is 0 Å². The van der Waals surface area contributed by atoms with Crippen LogP contribution in [0.2, 0.25) is 4.47 Å². The van der Waals surface area contributed by atoms with Crippen molar-refractivity contribution < 1.29 is 0 Å². The number of aromatic nitrogens is 1. The summed E-state index contributed by atoms with van der Waals surface area (Å²) in [4.78, 5) is 7.40. The Morgan fingerprint density at radius 1 is 1.73 bits per heavy atom. The first-order chi connectivity index (χ1) is 5.22. The summed E-state index contributed by atoms with van der Waals surface area (Å²) >= 11 is 7.22. The van der Waals surface area contributed by atoms with Crippen LogP contribution in [-0.2, 0) is 6.54 Å². The molecule has 1 aromatic heterocycles. The maximum absolute atomic E-state index is 5.68. The summed E-state index contributed by atoms with van der Waals surface area (Å²) in [5.41, 5.74) is 0. The molecule has 0 aromatic carbocycles. The highest BCUT2D eigenvalue weighted by Crippen LogP contribution is 2.18. The zero-order valence-electron chi connectivity index (χ0n) is 6.67. The van der Waals surface area contributed by atoms with E-state index in [2.05, 4.69) is 23.9 Å². The van der Waals surface area contributed by atoms with Crippen LogP contribution in [0.1, 0.15) is 11.8 Å². The van der Waals surface area contributed by atoms with Crippen LogP contribution in [0.15, 0.2) is 6.20 Å². The summed E-state index contributed by atoms with van der Waals surface area (Å²) in [7, 11) is 2.08. The van der Waals surface area contributed by atoms with Gasteiger partial charge in [0.2, 0.25) is 0 Å². The maximum atomic E-state index is 5.68. The van der Waals surface area contributed by atoms with Crippen molar-refractivity contribution in [3.63, 3.8) is 0 Å². The van der Waals surface area contributed by atoms with Crippen molar-refractivity contribution in [2.45, 2.75) is 13.5 Å². The first-order valence-electron chi connectivity index (χ1n) is 3.51. The van der Waals surface area contributed by atoms with Gasteiger partial charge in [-0.2, -0.15) is 0 Å². The standard InChI is InChI=1S/C7H11ClN2S/c1-3-10(2)5-6-4-9-7(8)11-6/h4H,3,5H2,1-2H3. The van der Waals surface area contributed by atoms with Crippen LogP contribution in [0.4, 0.5) is 0 Å². The topological polar surface area (TPSA) is 16.1 Å². The van der Waals surface area contributed by atoms with Gasteiger partial charge in [-0.05, 0) is 13.6 Å². The summed E-state index contributed by atoms with van der Waals surface area (Å²) in [5.74, 6) is 0. The van der Waals surface area contributed by atoms with Crippen LogP contribution in [-0.4, -0.2) is 23.5 Å². The molecule has 0 radical (unpaired) electrons. The third kappa shape index (κ3) is 2.77. The van der Waals surface area contributed by atoms with E-state index in [0.717, 1.165) is 13.1 Å². The fourth-order valence-electron chi connectivity index (χ4n) is 0.735. The van der Waals surface area contributed by atoms with Crippen LogP contribution in [0, 0.1) is 0 Å². The fourth-order valence-corrected chi connectivity index (χ4v) is 1.79. The van der Waals surface area contributed by atoms with E-state index in [0.29, 0.717) is 4.47 Å².